The summed E-state index contributed by atoms with van der Waals surface area (Å²) < 4.78 is 7.90. The van der Waals surface area contributed by atoms with Crippen LogP contribution < -0.4 is 0 Å². The van der Waals surface area contributed by atoms with Crippen molar-refractivity contribution in [1.82, 2.24) is 24.6 Å². The van der Waals surface area contributed by atoms with Crippen molar-refractivity contribution in [3.63, 3.8) is 0 Å². The Hall–Kier alpha value is -1.37. The first-order valence-electron chi connectivity index (χ1n) is 8.79. The van der Waals surface area contributed by atoms with Gasteiger partial charge in [-0.25, -0.2) is 4.98 Å². The number of unbranched alkanes of at least 4 members (excludes halogenated alkanes) is 1. The van der Waals surface area contributed by atoms with E-state index in [1.54, 1.807) is 6.20 Å². The Balaban J connectivity index is 1.59. The third-order valence-electron chi connectivity index (χ3n) is 4.31. The molecule has 3 heterocycles. The average Bonchev–Trinajstić information content (AvgIpc) is 3.13. The molecule has 0 aromatic carbocycles. The summed E-state index contributed by atoms with van der Waals surface area (Å²) in [4.78, 5) is 10.2. The molecule has 1 aliphatic heterocycles. The lowest BCUT2D eigenvalue weighted by molar-refractivity contribution is 0.0390. The first kappa shape index (κ1) is 17.5. The highest BCUT2D eigenvalue weighted by molar-refractivity contribution is 6.30. The Labute approximate surface area is 148 Å². The zero-order valence-electron chi connectivity index (χ0n) is 14.2. The van der Waals surface area contributed by atoms with E-state index in [4.69, 9.17) is 16.3 Å². The molecule has 0 unspecified atom stereocenters. The normalized spacial score (nSPS) is 19.5. The second-order valence-corrected chi connectivity index (χ2v) is 6.72. The molecule has 6 nitrogen and oxygen atoms in total. The molecule has 2 aromatic heterocycles. The second kappa shape index (κ2) is 8.65. The maximum absolute atomic E-state index is 6.32. The number of nitrogens with zero attached hydrogens (tertiary/aromatic N) is 4. The fourth-order valence-corrected chi connectivity index (χ4v) is 3.28. The number of hydrogen-bond acceptors (Lipinski definition) is 4. The molecule has 1 N–H and O–H groups in total. The van der Waals surface area contributed by atoms with Crippen LogP contribution in [0.2, 0.25) is 5.15 Å². The molecule has 1 aliphatic rings. The monoisotopic (exact) mass is 351 g/mol. The highest BCUT2D eigenvalue weighted by Crippen LogP contribution is 2.18. The number of hydrogen-bond donors (Lipinski definition) is 1. The molecule has 132 valence electrons. The van der Waals surface area contributed by atoms with E-state index in [1.165, 1.54) is 0 Å². The summed E-state index contributed by atoms with van der Waals surface area (Å²) in [6, 6.07) is 1.94. The van der Waals surface area contributed by atoms with Crippen molar-refractivity contribution in [2.24, 2.45) is 0 Å². The van der Waals surface area contributed by atoms with Gasteiger partial charge in [-0.3, -0.25) is 9.58 Å². The fraction of sp³-hybridized carbons (Fsp3) is 0.647. The van der Waals surface area contributed by atoms with E-state index in [1.807, 2.05) is 16.9 Å². The smallest absolute Gasteiger partial charge is 0.151 e. The number of imidazole rings is 1. The summed E-state index contributed by atoms with van der Waals surface area (Å²) in [6.45, 7) is 6.43. The zero-order chi connectivity index (χ0) is 16.8. The Bertz CT molecular complexity index is 613. The van der Waals surface area contributed by atoms with Crippen LogP contribution in [0, 0.1) is 0 Å². The molecule has 1 saturated heterocycles. The number of aryl methyl sites for hydroxylation is 1. The number of H-pyrrole nitrogens is 1. The van der Waals surface area contributed by atoms with Crippen LogP contribution in [0.4, 0.5) is 0 Å². The first-order chi connectivity index (χ1) is 11.7. The lowest BCUT2D eigenvalue weighted by Gasteiger charge is -2.23. The van der Waals surface area contributed by atoms with Gasteiger partial charge < -0.3 is 9.72 Å². The number of aromatic amines is 1. The second-order valence-electron chi connectivity index (χ2n) is 6.37. The van der Waals surface area contributed by atoms with Gasteiger partial charge in [0, 0.05) is 45.1 Å². The standard InChI is InChI=1S/C17H26ClN5O/c1-2-3-6-16-20-15(17(18)21-16)13-22-8-5-10-24-14(11-22)12-23-9-4-7-19-23/h4,7,9,14H,2-3,5-6,8,10-13H2,1H3,(H,20,21)/t14-/m1/s1. The summed E-state index contributed by atoms with van der Waals surface area (Å²) in [7, 11) is 0. The minimum absolute atomic E-state index is 0.147. The van der Waals surface area contributed by atoms with Gasteiger partial charge in [0.1, 0.15) is 5.82 Å². The number of rotatable bonds is 7. The third kappa shape index (κ3) is 4.82. The Morgan fingerprint density at radius 1 is 1.46 bits per heavy atom. The molecular formula is C17H26ClN5O. The van der Waals surface area contributed by atoms with Crippen LogP contribution in [0.5, 0.6) is 0 Å². The molecule has 7 heteroatoms. The molecule has 1 fully saturated rings. The predicted octanol–water partition coefficient (Wildman–Crippen LogP) is 2.89. The highest BCUT2D eigenvalue weighted by Gasteiger charge is 2.21. The number of aromatic nitrogens is 4. The Kier molecular flexibility index (Phi) is 6.29. The van der Waals surface area contributed by atoms with E-state index in [-0.39, 0.29) is 6.10 Å². The fourth-order valence-electron chi connectivity index (χ4n) is 3.07. The molecule has 2 aromatic rings. The van der Waals surface area contributed by atoms with Gasteiger partial charge in [-0.1, -0.05) is 24.9 Å². The van der Waals surface area contributed by atoms with Crippen molar-refractivity contribution in [3.05, 3.63) is 35.1 Å². The molecular weight excluding hydrogens is 326 g/mol. The van der Waals surface area contributed by atoms with Gasteiger partial charge in [0.05, 0.1) is 18.3 Å². The highest BCUT2D eigenvalue weighted by atomic mass is 35.5. The van der Waals surface area contributed by atoms with Crippen molar-refractivity contribution in [2.45, 2.75) is 51.8 Å². The van der Waals surface area contributed by atoms with Gasteiger partial charge in [0.15, 0.2) is 5.15 Å². The van der Waals surface area contributed by atoms with Gasteiger partial charge >= 0.3 is 0 Å². The zero-order valence-corrected chi connectivity index (χ0v) is 15.0. The molecule has 0 saturated carbocycles. The molecule has 0 aliphatic carbocycles. The van der Waals surface area contributed by atoms with Crippen molar-refractivity contribution < 1.29 is 4.74 Å². The SMILES string of the molecule is CCCCc1nc(Cl)c(CN2CCCO[C@@H](Cn3cccn3)C2)[nH]1. The Morgan fingerprint density at radius 2 is 2.38 bits per heavy atom. The molecule has 0 spiro atoms. The van der Waals surface area contributed by atoms with Gasteiger partial charge in [-0.15, -0.1) is 0 Å². The van der Waals surface area contributed by atoms with Crippen LogP contribution in [0.1, 0.15) is 37.7 Å². The van der Waals surface area contributed by atoms with E-state index >= 15 is 0 Å². The van der Waals surface area contributed by atoms with E-state index in [9.17, 15) is 0 Å². The van der Waals surface area contributed by atoms with Gasteiger partial charge in [-0.2, -0.15) is 5.10 Å². The lowest BCUT2D eigenvalue weighted by Crippen LogP contribution is -2.34. The van der Waals surface area contributed by atoms with E-state index in [0.717, 1.165) is 70.0 Å². The van der Waals surface area contributed by atoms with Crippen molar-refractivity contribution >= 4 is 11.6 Å². The largest absolute Gasteiger partial charge is 0.375 e. The van der Waals surface area contributed by atoms with Crippen molar-refractivity contribution in [3.8, 4) is 0 Å². The van der Waals surface area contributed by atoms with Crippen molar-refractivity contribution in [1.29, 1.82) is 0 Å². The minimum atomic E-state index is 0.147. The van der Waals surface area contributed by atoms with E-state index in [2.05, 4.69) is 26.9 Å². The van der Waals surface area contributed by atoms with Gasteiger partial charge in [-0.05, 0) is 18.9 Å². The van der Waals surface area contributed by atoms with Crippen LogP contribution in [0.25, 0.3) is 0 Å². The molecule has 0 bridgehead atoms. The van der Waals surface area contributed by atoms with Crippen LogP contribution >= 0.6 is 11.6 Å². The predicted molar refractivity (Wildman–Crippen MR) is 94.1 cm³/mol. The summed E-state index contributed by atoms with van der Waals surface area (Å²) in [6.07, 6.45) is 8.21. The van der Waals surface area contributed by atoms with Crippen LogP contribution in [0.15, 0.2) is 18.5 Å². The molecule has 0 amide bonds. The summed E-state index contributed by atoms with van der Waals surface area (Å²) in [5.74, 6) is 0.996. The maximum atomic E-state index is 6.32. The third-order valence-corrected chi connectivity index (χ3v) is 4.62. The quantitative estimate of drug-likeness (QED) is 0.833. The summed E-state index contributed by atoms with van der Waals surface area (Å²) >= 11 is 6.32. The molecule has 3 rings (SSSR count). The van der Waals surface area contributed by atoms with Crippen LogP contribution in [0.3, 0.4) is 0 Å². The molecule has 24 heavy (non-hydrogen) atoms. The molecule has 1 atom stereocenters. The lowest BCUT2D eigenvalue weighted by atomic mass is 10.2. The summed E-state index contributed by atoms with van der Waals surface area (Å²) in [5.41, 5.74) is 1.02. The number of halogens is 1. The molecule has 0 radical (unpaired) electrons. The minimum Gasteiger partial charge on any atom is -0.375 e. The van der Waals surface area contributed by atoms with E-state index in [0.29, 0.717) is 5.15 Å². The number of ether oxygens (including phenoxy) is 1. The maximum Gasteiger partial charge on any atom is 0.151 e. The topological polar surface area (TPSA) is 59.0 Å². The average molecular weight is 352 g/mol. The van der Waals surface area contributed by atoms with Crippen LogP contribution in [-0.4, -0.2) is 50.4 Å². The van der Waals surface area contributed by atoms with Gasteiger partial charge in [0.2, 0.25) is 0 Å². The van der Waals surface area contributed by atoms with Gasteiger partial charge in [0.25, 0.3) is 0 Å². The first-order valence-corrected chi connectivity index (χ1v) is 9.17. The van der Waals surface area contributed by atoms with Crippen LogP contribution in [-0.2, 0) is 24.2 Å². The van der Waals surface area contributed by atoms with Crippen molar-refractivity contribution in [2.75, 3.05) is 19.7 Å². The van der Waals surface area contributed by atoms with E-state index < -0.39 is 0 Å². The number of nitrogens with one attached hydrogen (secondary N) is 1. The summed E-state index contributed by atoms with van der Waals surface area (Å²) in [5, 5.41) is 4.88. The Morgan fingerprint density at radius 3 is 3.17 bits per heavy atom.